The van der Waals surface area contributed by atoms with Crippen molar-refractivity contribution in [3.8, 4) is 5.75 Å². The molecule has 0 saturated heterocycles. The van der Waals surface area contributed by atoms with Crippen molar-refractivity contribution < 1.29 is 4.74 Å². The Hall–Kier alpha value is -1.39. The van der Waals surface area contributed by atoms with Gasteiger partial charge in [0.2, 0.25) is 0 Å². The highest BCUT2D eigenvalue weighted by molar-refractivity contribution is 9.10. The van der Waals surface area contributed by atoms with E-state index in [1.165, 1.54) is 5.56 Å². The summed E-state index contributed by atoms with van der Waals surface area (Å²) in [5.74, 6) is 0.882. The molecule has 1 aromatic heterocycles. The van der Waals surface area contributed by atoms with Crippen molar-refractivity contribution in [2.75, 3.05) is 14.2 Å². The maximum atomic E-state index is 5.25. The Bertz CT molecular complexity index is 545. The van der Waals surface area contributed by atoms with E-state index in [9.17, 15) is 0 Å². The van der Waals surface area contributed by atoms with Crippen LogP contribution in [0.1, 0.15) is 17.3 Å². The summed E-state index contributed by atoms with van der Waals surface area (Å²) in [6.07, 6.45) is 2.68. The van der Waals surface area contributed by atoms with Crippen molar-refractivity contribution in [1.82, 2.24) is 10.3 Å². The molecular weight excluding hydrogens is 304 g/mol. The van der Waals surface area contributed by atoms with Crippen molar-refractivity contribution in [2.45, 2.75) is 12.5 Å². The predicted octanol–water partition coefficient (Wildman–Crippen LogP) is 3.36. The van der Waals surface area contributed by atoms with Gasteiger partial charge in [-0.3, -0.25) is 4.98 Å². The van der Waals surface area contributed by atoms with Gasteiger partial charge in [0, 0.05) is 10.7 Å². The Labute approximate surface area is 122 Å². The molecule has 0 amide bonds. The molecule has 0 saturated carbocycles. The number of ether oxygens (including phenoxy) is 1. The van der Waals surface area contributed by atoms with E-state index in [2.05, 4.69) is 38.4 Å². The van der Waals surface area contributed by atoms with Crippen molar-refractivity contribution in [3.63, 3.8) is 0 Å². The van der Waals surface area contributed by atoms with Crippen LogP contribution >= 0.6 is 15.9 Å². The second kappa shape index (κ2) is 6.68. The molecule has 0 radical (unpaired) electrons. The number of halogens is 1. The van der Waals surface area contributed by atoms with Crippen molar-refractivity contribution in [2.24, 2.45) is 0 Å². The number of likely N-dealkylation sites (N-methyl/N-ethyl adjacent to an activating group) is 1. The molecule has 100 valence electrons. The molecule has 2 aromatic rings. The maximum absolute atomic E-state index is 5.25. The molecule has 0 fully saturated rings. The lowest BCUT2D eigenvalue weighted by atomic mass is 10.0. The summed E-state index contributed by atoms with van der Waals surface area (Å²) in [5, 5.41) is 3.31. The lowest BCUT2D eigenvalue weighted by Crippen LogP contribution is -2.20. The van der Waals surface area contributed by atoms with Crippen LogP contribution in [0.5, 0.6) is 5.75 Å². The molecular formula is C15H17BrN2O. The van der Waals surface area contributed by atoms with Crippen LogP contribution in [-0.2, 0) is 6.42 Å². The van der Waals surface area contributed by atoms with Gasteiger partial charge in [0.05, 0.1) is 18.8 Å². The first-order valence-electron chi connectivity index (χ1n) is 6.15. The molecule has 0 aliphatic carbocycles. The number of hydrogen-bond donors (Lipinski definition) is 1. The number of hydrogen-bond acceptors (Lipinski definition) is 3. The molecule has 0 spiro atoms. The summed E-state index contributed by atoms with van der Waals surface area (Å²) in [4.78, 5) is 4.45. The van der Waals surface area contributed by atoms with Gasteiger partial charge >= 0.3 is 0 Å². The fourth-order valence-electron chi connectivity index (χ4n) is 2.02. The average Bonchev–Trinajstić information content (AvgIpc) is 2.46. The minimum atomic E-state index is 0.169. The lowest BCUT2D eigenvalue weighted by Gasteiger charge is -2.17. The van der Waals surface area contributed by atoms with E-state index in [0.29, 0.717) is 0 Å². The molecule has 1 heterocycles. The molecule has 1 N–H and O–H groups in total. The van der Waals surface area contributed by atoms with Crippen LogP contribution in [0, 0.1) is 0 Å². The SMILES string of the molecule is CNC(Cc1cccc(OC)c1)c1ncccc1Br. The number of aromatic nitrogens is 1. The zero-order chi connectivity index (χ0) is 13.7. The topological polar surface area (TPSA) is 34.1 Å². The van der Waals surface area contributed by atoms with E-state index >= 15 is 0 Å². The number of pyridine rings is 1. The zero-order valence-electron chi connectivity index (χ0n) is 11.1. The Kier molecular flexibility index (Phi) is 4.93. The molecule has 0 bridgehead atoms. The van der Waals surface area contributed by atoms with E-state index in [0.717, 1.165) is 22.3 Å². The quantitative estimate of drug-likeness (QED) is 0.917. The van der Waals surface area contributed by atoms with Gasteiger partial charge in [-0.05, 0) is 59.2 Å². The molecule has 4 heteroatoms. The summed E-state index contributed by atoms with van der Waals surface area (Å²) in [6, 6.07) is 12.2. The van der Waals surface area contributed by atoms with Gasteiger partial charge in [-0.2, -0.15) is 0 Å². The molecule has 0 aliphatic heterocycles. The highest BCUT2D eigenvalue weighted by Gasteiger charge is 2.14. The monoisotopic (exact) mass is 320 g/mol. The normalized spacial score (nSPS) is 12.2. The van der Waals surface area contributed by atoms with Crippen LogP contribution in [0.4, 0.5) is 0 Å². The average molecular weight is 321 g/mol. The Morgan fingerprint density at radius 3 is 2.84 bits per heavy atom. The van der Waals surface area contributed by atoms with Crippen LogP contribution in [0.25, 0.3) is 0 Å². The first-order chi connectivity index (χ1) is 9.24. The third-order valence-electron chi connectivity index (χ3n) is 3.04. The Morgan fingerprint density at radius 2 is 2.16 bits per heavy atom. The van der Waals surface area contributed by atoms with Crippen LogP contribution in [0.3, 0.4) is 0 Å². The molecule has 1 atom stereocenters. The van der Waals surface area contributed by atoms with Gasteiger partial charge in [0.1, 0.15) is 5.75 Å². The largest absolute Gasteiger partial charge is 0.497 e. The first-order valence-corrected chi connectivity index (χ1v) is 6.94. The molecule has 1 unspecified atom stereocenters. The van der Waals surface area contributed by atoms with E-state index < -0.39 is 0 Å². The Morgan fingerprint density at radius 1 is 1.32 bits per heavy atom. The second-order valence-corrected chi connectivity index (χ2v) is 5.12. The number of rotatable bonds is 5. The van der Waals surface area contributed by atoms with Crippen LogP contribution in [0.15, 0.2) is 47.1 Å². The third kappa shape index (κ3) is 3.55. The minimum absolute atomic E-state index is 0.169. The smallest absolute Gasteiger partial charge is 0.119 e. The maximum Gasteiger partial charge on any atom is 0.119 e. The highest BCUT2D eigenvalue weighted by atomic mass is 79.9. The van der Waals surface area contributed by atoms with E-state index in [-0.39, 0.29) is 6.04 Å². The standard InChI is InChI=1S/C15H17BrN2O/c1-17-14(15-13(16)7-4-8-18-15)10-11-5-3-6-12(9-11)19-2/h3-9,14,17H,10H2,1-2H3. The summed E-state index contributed by atoms with van der Waals surface area (Å²) >= 11 is 3.55. The van der Waals surface area contributed by atoms with Crippen LogP contribution in [-0.4, -0.2) is 19.1 Å². The third-order valence-corrected chi connectivity index (χ3v) is 3.71. The molecule has 1 aromatic carbocycles. The van der Waals surface area contributed by atoms with Crippen molar-refractivity contribution in [1.29, 1.82) is 0 Å². The summed E-state index contributed by atoms with van der Waals surface area (Å²) in [5.41, 5.74) is 2.24. The fourth-order valence-corrected chi connectivity index (χ4v) is 2.56. The van der Waals surface area contributed by atoms with Gasteiger partial charge in [-0.15, -0.1) is 0 Å². The van der Waals surface area contributed by atoms with E-state index in [4.69, 9.17) is 4.74 Å². The number of methoxy groups -OCH3 is 1. The second-order valence-electron chi connectivity index (χ2n) is 4.27. The minimum Gasteiger partial charge on any atom is -0.497 e. The summed E-state index contributed by atoms with van der Waals surface area (Å²) < 4.78 is 6.28. The number of nitrogens with one attached hydrogen (secondary N) is 1. The van der Waals surface area contributed by atoms with Crippen LogP contribution < -0.4 is 10.1 Å². The predicted molar refractivity (Wildman–Crippen MR) is 80.4 cm³/mol. The lowest BCUT2D eigenvalue weighted by molar-refractivity contribution is 0.414. The van der Waals surface area contributed by atoms with Gasteiger partial charge in [0.15, 0.2) is 0 Å². The van der Waals surface area contributed by atoms with E-state index in [1.807, 2.05) is 37.5 Å². The van der Waals surface area contributed by atoms with Gasteiger partial charge in [0.25, 0.3) is 0 Å². The van der Waals surface area contributed by atoms with Gasteiger partial charge in [-0.1, -0.05) is 12.1 Å². The molecule has 3 nitrogen and oxygen atoms in total. The summed E-state index contributed by atoms with van der Waals surface area (Å²) in [7, 11) is 3.63. The Balaban J connectivity index is 2.21. The van der Waals surface area contributed by atoms with Crippen LogP contribution in [0.2, 0.25) is 0 Å². The highest BCUT2D eigenvalue weighted by Crippen LogP contribution is 2.24. The first kappa shape index (κ1) is 14.0. The van der Waals surface area contributed by atoms with Crippen molar-refractivity contribution >= 4 is 15.9 Å². The number of nitrogens with zero attached hydrogens (tertiary/aromatic N) is 1. The van der Waals surface area contributed by atoms with Crippen molar-refractivity contribution in [3.05, 3.63) is 58.3 Å². The molecule has 0 aliphatic rings. The number of benzene rings is 1. The van der Waals surface area contributed by atoms with Gasteiger partial charge in [-0.25, -0.2) is 0 Å². The van der Waals surface area contributed by atoms with E-state index in [1.54, 1.807) is 7.11 Å². The molecule has 2 rings (SSSR count). The van der Waals surface area contributed by atoms with Gasteiger partial charge < -0.3 is 10.1 Å². The zero-order valence-corrected chi connectivity index (χ0v) is 12.6. The molecule has 19 heavy (non-hydrogen) atoms. The summed E-state index contributed by atoms with van der Waals surface area (Å²) in [6.45, 7) is 0. The fraction of sp³-hybridized carbons (Fsp3) is 0.267.